The van der Waals surface area contributed by atoms with Gasteiger partial charge in [-0.15, -0.1) is 0 Å². The van der Waals surface area contributed by atoms with E-state index in [0.29, 0.717) is 25.9 Å². The molecule has 1 unspecified atom stereocenters. The molecule has 42 heavy (non-hydrogen) atoms. The number of nitrogens with zero attached hydrogens (tertiary/aromatic N) is 3. The first kappa shape index (κ1) is 28.4. The number of ether oxygens (including phenoxy) is 1. The van der Waals surface area contributed by atoms with Crippen LogP contribution in [0.4, 0.5) is 5.69 Å². The van der Waals surface area contributed by atoms with Gasteiger partial charge in [0.25, 0.3) is 5.91 Å². The van der Waals surface area contributed by atoms with Crippen molar-refractivity contribution >= 4 is 23.4 Å². The quantitative estimate of drug-likeness (QED) is 0.540. The number of rotatable bonds is 6. The lowest BCUT2D eigenvalue weighted by Crippen LogP contribution is -2.59. The molecule has 4 heterocycles. The van der Waals surface area contributed by atoms with Crippen LogP contribution in [0.3, 0.4) is 0 Å². The molecule has 220 valence electrons. The molecule has 0 radical (unpaired) electrons. The molecule has 6 rings (SSSR count). The highest BCUT2D eigenvalue weighted by molar-refractivity contribution is 6.06. The summed E-state index contributed by atoms with van der Waals surface area (Å²) in [5.41, 5.74) is 1.24. The molecule has 2 saturated heterocycles. The average Bonchev–Trinajstić information content (AvgIpc) is 3.29. The van der Waals surface area contributed by atoms with Gasteiger partial charge in [0.05, 0.1) is 30.1 Å². The van der Waals surface area contributed by atoms with Crippen molar-refractivity contribution < 1.29 is 24.2 Å². The Morgan fingerprint density at radius 2 is 1.60 bits per heavy atom. The van der Waals surface area contributed by atoms with E-state index in [0.717, 1.165) is 22.4 Å². The molecule has 8 nitrogen and oxygen atoms in total. The molecule has 2 fully saturated rings. The van der Waals surface area contributed by atoms with Crippen LogP contribution in [-0.4, -0.2) is 82.7 Å². The second kappa shape index (κ2) is 10.5. The Kier molecular flexibility index (Phi) is 7.10. The number of benzene rings is 2. The summed E-state index contributed by atoms with van der Waals surface area (Å²) in [5.74, 6) is -2.48. The number of anilines is 1. The van der Waals surface area contributed by atoms with E-state index in [1.807, 2.05) is 93.6 Å². The number of para-hydroxylation sites is 1. The van der Waals surface area contributed by atoms with Crippen molar-refractivity contribution in [1.82, 2.24) is 9.80 Å². The third-order valence-electron chi connectivity index (χ3n) is 9.71. The Bertz CT molecular complexity index is 1450. The van der Waals surface area contributed by atoms with E-state index in [9.17, 15) is 19.5 Å². The summed E-state index contributed by atoms with van der Waals surface area (Å²) >= 11 is 0. The Hall–Kier alpha value is -3.75. The summed E-state index contributed by atoms with van der Waals surface area (Å²) in [5, 5.41) is 10.7. The van der Waals surface area contributed by atoms with Crippen LogP contribution in [0, 0.1) is 25.7 Å². The van der Waals surface area contributed by atoms with Crippen molar-refractivity contribution in [2.75, 3.05) is 31.6 Å². The highest BCUT2D eigenvalue weighted by atomic mass is 16.5. The van der Waals surface area contributed by atoms with Crippen molar-refractivity contribution in [3.8, 4) is 0 Å². The Morgan fingerprint density at radius 1 is 0.905 bits per heavy atom. The number of fused-ring (bicyclic) bond motifs is 2. The second-order valence-electron chi connectivity index (χ2n) is 12.1. The van der Waals surface area contributed by atoms with Crippen molar-refractivity contribution in [3.05, 3.63) is 89.5 Å². The van der Waals surface area contributed by atoms with E-state index in [2.05, 4.69) is 0 Å². The number of hydrogen-bond acceptors (Lipinski definition) is 5. The maximum Gasteiger partial charge on any atom is 0.253 e. The van der Waals surface area contributed by atoms with Crippen molar-refractivity contribution in [2.45, 2.75) is 56.9 Å². The Balaban J connectivity index is 1.54. The van der Waals surface area contributed by atoms with Gasteiger partial charge in [0.15, 0.2) is 0 Å². The van der Waals surface area contributed by atoms with Gasteiger partial charge in [0, 0.05) is 25.8 Å². The zero-order valence-corrected chi connectivity index (χ0v) is 24.7. The number of carbonyl (C=O) groups is 3. The van der Waals surface area contributed by atoms with E-state index in [1.165, 1.54) is 0 Å². The highest BCUT2D eigenvalue weighted by Crippen LogP contribution is 2.59. The summed E-state index contributed by atoms with van der Waals surface area (Å²) in [6, 6.07) is 13.8. The van der Waals surface area contributed by atoms with Gasteiger partial charge in [0.1, 0.15) is 11.6 Å². The maximum atomic E-state index is 14.9. The van der Waals surface area contributed by atoms with Gasteiger partial charge in [-0.25, -0.2) is 0 Å². The number of amides is 3. The first-order chi connectivity index (χ1) is 20.2. The standard InChI is InChI=1S/C34H39N3O5/c1-5-33-16-10-18-35(4)30(39)26(33)27-31(40)37(25(21-38)20-24-14-7-6-8-15-24)29-32(41)36(19-11-17-34(27,29)42-33)28-22(2)12-9-13-23(28)3/h6-17,25-27,29,38H,5,18-21H2,1-4H3/t25-,26+,27+,29?,33-,34+/m1/s1. The first-order valence-corrected chi connectivity index (χ1v) is 14.8. The second-order valence-corrected chi connectivity index (χ2v) is 12.1. The third-order valence-corrected chi connectivity index (χ3v) is 9.71. The van der Waals surface area contributed by atoms with Crippen molar-refractivity contribution in [3.63, 3.8) is 0 Å². The average molecular weight is 570 g/mol. The number of carbonyl (C=O) groups excluding carboxylic acids is 3. The lowest BCUT2D eigenvalue weighted by molar-refractivity contribution is -0.152. The number of aliphatic hydroxyl groups is 1. The highest BCUT2D eigenvalue weighted by Gasteiger charge is 2.75. The molecule has 1 spiro atoms. The maximum absolute atomic E-state index is 14.9. The van der Waals surface area contributed by atoms with Crippen LogP contribution in [0.15, 0.2) is 72.8 Å². The molecule has 4 aliphatic heterocycles. The Morgan fingerprint density at radius 3 is 2.26 bits per heavy atom. The molecular weight excluding hydrogens is 530 g/mol. The number of aliphatic hydroxyl groups excluding tert-OH is 1. The number of hydrogen-bond donors (Lipinski definition) is 1. The van der Waals surface area contributed by atoms with Gasteiger partial charge in [-0.1, -0.05) is 79.8 Å². The topological polar surface area (TPSA) is 90.4 Å². The van der Waals surface area contributed by atoms with E-state index in [4.69, 9.17) is 4.74 Å². The zero-order chi connectivity index (χ0) is 29.8. The molecule has 4 aliphatic rings. The largest absolute Gasteiger partial charge is 0.394 e. The monoisotopic (exact) mass is 569 g/mol. The van der Waals surface area contributed by atoms with Gasteiger partial charge in [-0.05, 0) is 43.4 Å². The minimum atomic E-state index is -1.37. The molecule has 2 aromatic carbocycles. The fraction of sp³-hybridized carbons (Fsp3) is 0.441. The molecule has 0 saturated carbocycles. The zero-order valence-electron chi connectivity index (χ0n) is 24.7. The summed E-state index contributed by atoms with van der Waals surface area (Å²) in [4.78, 5) is 48.6. The van der Waals surface area contributed by atoms with Crippen LogP contribution in [-0.2, 0) is 25.5 Å². The van der Waals surface area contributed by atoms with E-state index in [-0.39, 0.29) is 24.3 Å². The normalized spacial score (nSPS) is 31.1. The Labute approximate surface area is 247 Å². The molecule has 0 bridgehead atoms. The summed E-state index contributed by atoms with van der Waals surface area (Å²) in [6.45, 7) is 6.30. The van der Waals surface area contributed by atoms with Crippen LogP contribution in [0.2, 0.25) is 0 Å². The smallest absolute Gasteiger partial charge is 0.253 e. The lowest BCUT2D eigenvalue weighted by Gasteiger charge is -2.41. The molecule has 0 aliphatic carbocycles. The van der Waals surface area contributed by atoms with Gasteiger partial charge in [-0.3, -0.25) is 14.4 Å². The van der Waals surface area contributed by atoms with Crippen molar-refractivity contribution in [1.29, 1.82) is 0 Å². The number of likely N-dealkylation sites (tertiary alicyclic amines) is 1. The molecule has 3 amide bonds. The van der Waals surface area contributed by atoms with E-state index in [1.54, 1.807) is 21.7 Å². The SMILES string of the molecule is CC[C@@]12C=CCN(C)C(=O)[C@@H]1[C@H]1C(=O)N([C@@H](CO)Cc3ccccc3)C3C(=O)N(c4c(C)cccc4C)CC=C[C@@]31O2. The summed E-state index contributed by atoms with van der Waals surface area (Å²) in [7, 11) is 1.74. The molecule has 8 heteroatoms. The predicted octanol–water partition coefficient (Wildman–Crippen LogP) is 3.20. The lowest BCUT2D eigenvalue weighted by atomic mass is 9.73. The fourth-order valence-corrected chi connectivity index (χ4v) is 7.78. The van der Waals surface area contributed by atoms with Gasteiger partial charge < -0.3 is 24.5 Å². The van der Waals surface area contributed by atoms with Crippen LogP contribution in [0.25, 0.3) is 0 Å². The van der Waals surface area contributed by atoms with Gasteiger partial charge >= 0.3 is 0 Å². The number of aryl methyl sites for hydroxylation is 2. The molecule has 2 aromatic rings. The summed E-state index contributed by atoms with van der Waals surface area (Å²) < 4.78 is 7.04. The molecular formula is C34H39N3O5. The molecule has 1 N–H and O–H groups in total. The summed E-state index contributed by atoms with van der Waals surface area (Å²) in [6.07, 6.45) is 8.47. The van der Waals surface area contributed by atoms with Crippen LogP contribution < -0.4 is 4.90 Å². The third kappa shape index (κ3) is 4.07. The van der Waals surface area contributed by atoms with E-state index < -0.39 is 35.1 Å². The van der Waals surface area contributed by atoms with E-state index >= 15 is 0 Å². The van der Waals surface area contributed by atoms with Crippen LogP contribution in [0.1, 0.15) is 30.0 Å². The van der Waals surface area contributed by atoms with Crippen molar-refractivity contribution in [2.24, 2.45) is 11.8 Å². The van der Waals surface area contributed by atoms with Crippen LogP contribution >= 0.6 is 0 Å². The predicted molar refractivity (Wildman–Crippen MR) is 160 cm³/mol. The minimum absolute atomic E-state index is 0.169. The first-order valence-electron chi connectivity index (χ1n) is 14.8. The van der Waals surface area contributed by atoms with Crippen LogP contribution in [0.5, 0.6) is 0 Å². The molecule has 6 atom stereocenters. The van der Waals surface area contributed by atoms with Gasteiger partial charge in [-0.2, -0.15) is 0 Å². The fourth-order valence-electron chi connectivity index (χ4n) is 7.78. The minimum Gasteiger partial charge on any atom is -0.394 e. The molecule has 0 aromatic heterocycles. The van der Waals surface area contributed by atoms with Gasteiger partial charge in [0.2, 0.25) is 11.8 Å². The number of likely N-dealkylation sites (N-methyl/N-ethyl adjacent to an activating group) is 1.